The fourth-order valence-corrected chi connectivity index (χ4v) is 3.38. The number of nitrogens with zero attached hydrogens (tertiary/aromatic N) is 2. The van der Waals surface area contributed by atoms with Crippen LogP contribution in [0.1, 0.15) is 39.2 Å². The molecule has 6 nitrogen and oxygen atoms in total. The SMILES string of the molecule is CN=C(NCc1cccnc1OC)NCC1CCCOC1C(C)(C)C. The van der Waals surface area contributed by atoms with Gasteiger partial charge in [-0.1, -0.05) is 26.8 Å². The maximum atomic E-state index is 6.06. The van der Waals surface area contributed by atoms with Crippen LogP contribution in [0.4, 0.5) is 0 Å². The van der Waals surface area contributed by atoms with Crippen LogP contribution in [0.15, 0.2) is 23.3 Å². The molecule has 0 saturated carbocycles. The Labute approximate surface area is 151 Å². The fraction of sp³-hybridized carbons (Fsp3) is 0.684. The lowest BCUT2D eigenvalue weighted by molar-refractivity contribution is -0.0835. The second kappa shape index (κ2) is 9.04. The normalized spacial score (nSPS) is 21.7. The molecule has 1 fully saturated rings. The maximum Gasteiger partial charge on any atom is 0.218 e. The Morgan fingerprint density at radius 2 is 2.20 bits per heavy atom. The van der Waals surface area contributed by atoms with E-state index in [4.69, 9.17) is 9.47 Å². The first-order valence-corrected chi connectivity index (χ1v) is 8.99. The second-order valence-electron chi connectivity index (χ2n) is 7.54. The van der Waals surface area contributed by atoms with Gasteiger partial charge < -0.3 is 20.1 Å². The molecule has 0 radical (unpaired) electrons. The molecule has 2 N–H and O–H groups in total. The highest BCUT2D eigenvalue weighted by molar-refractivity contribution is 5.79. The molecule has 0 amide bonds. The Bertz CT molecular complexity index is 569. The number of aliphatic imine (C=N–C) groups is 1. The number of pyridine rings is 1. The van der Waals surface area contributed by atoms with Crippen LogP contribution >= 0.6 is 0 Å². The molecule has 2 heterocycles. The number of guanidine groups is 1. The van der Waals surface area contributed by atoms with Crippen molar-refractivity contribution in [3.8, 4) is 5.88 Å². The van der Waals surface area contributed by atoms with Gasteiger partial charge in [-0.2, -0.15) is 0 Å². The average Bonchev–Trinajstić information content (AvgIpc) is 2.61. The fourth-order valence-electron chi connectivity index (χ4n) is 3.38. The molecule has 25 heavy (non-hydrogen) atoms. The zero-order valence-corrected chi connectivity index (χ0v) is 16.1. The van der Waals surface area contributed by atoms with E-state index in [2.05, 4.69) is 41.4 Å². The number of ether oxygens (including phenoxy) is 2. The maximum absolute atomic E-state index is 6.06. The highest BCUT2D eigenvalue weighted by atomic mass is 16.5. The molecule has 1 aromatic rings. The van der Waals surface area contributed by atoms with Gasteiger partial charge in [-0.05, 0) is 24.3 Å². The molecule has 2 unspecified atom stereocenters. The zero-order valence-electron chi connectivity index (χ0n) is 16.1. The van der Waals surface area contributed by atoms with Crippen LogP contribution in [0, 0.1) is 11.3 Å². The van der Waals surface area contributed by atoms with Gasteiger partial charge in [0.25, 0.3) is 0 Å². The van der Waals surface area contributed by atoms with Crippen molar-refractivity contribution in [3.05, 3.63) is 23.9 Å². The molecular weight excluding hydrogens is 316 g/mol. The van der Waals surface area contributed by atoms with Gasteiger partial charge in [-0.15, -0.1) is 0 Å². The lowest BCUT2D eigenvalue weighted by Gasteiger charge is -2.40. The van der Waals surface area contributed by atoms with Gasteiger partial charge in [0.2, 0.25) is 5.88 Å². The summed E-state index contributed by atoms with van der Waals surface area (Å²) >= 11 is 0. The third kappa shape index (κ3) is 5.59. The van der Waals surface area contributed by atoms with Crippen molar-refractivity contribution < 1.29 is 9.47 Å². The van der Waals surface area contributed by atoms with Crippen molar-refractivity contribution >= 4 is 5.96 Å². The Balaban J connectivity index is 1.89. The Morgan fingerprint density at radius 3 is 2.88 bits per heavy atom. The van der Waals surface area contributed by atoms with Gasteiger partial charge in [-0.3, -0.25) is 4.99 Å². The van der Waals surface area contributed by atoms with E-state index < -0.39 is 0 Å². The van der Waals surface area contributed by atoms with E-state index in [1.54, 1.807) is 20.4 Å². The molecule has 1 saturated heterocycles. The summed E-state index contributed by atoms with van der Waals surface area (Å²) in [4.78, 5) is 8.54. The summed E-state index contributed by atoms with van der Waals surface area (Å²) < 4.78 is 11.3. The minimum absolute atomic E-state index is 0.146. The topological polar surface area (TPSA) is 67.8 Å². The number of rotatable bonds is 5. The summed E-state index contributed by atoms with van der Waals surface area (Å²) in [7, 11) is 3.42. The number of methoxy groups -OCH3 is 1. The van der Waals surface area contributed by atoms with E-state index in [0.717, 1.165) is 31.1 Å². The Hall–Kier alpha value is -1.82. The van der Waals surface area contributed by atoms with Crippen LogP contribution in [0.2, 0.25) is 0 Å². The van der Waals surface area contributed by atoms with Crippen LogP contribution in [-0.2, 0) is 11.3 Å². The molecule has 0 spiro atoms. The third-order valence-corrected chi connectivity index (χ3v) is 4.54. The predicted octanol–water partition coefficient (Wildman–Crippen LogP) is 2.60. The van der Waals surface area contributed by atoms with Gasteiger partial charge in [0.15, 0.2) is 5.96 Å². The summed E-state index contributed by atoms with van der Waals surface area (Å²) in [6.07, 6.45) is 4.30. The molecular formula is C19H32N4O2. The summed E-state index contributed by atoms with van der Waals surface area (Å²) in [6.45, 7) is 9.08. The van der Waals surface area contributed by atoms with E-state index >= 15 is 0 Å². The molecule has 0 aromatic carbocycles. The van der Waals surface area contributed by atoms with Gasteiger partial charge in [0.1, 0.15) is 0 Å². The zero-order chi connectivity index (χ0) is 18.3. The number of hydrogen-bond acceptors (Lipinski definition) is 4. The van der Waals surface area contributed by atoms with E-state index in [-0.39, 0.29) is 11.5 Å². The van der Waals surface area contributed by atoms with Crippen molar-refractivity contribution in [3.63, 3.8) is 0 Å². The third-order valence-electron chi connectivity index (χ3n) is 4.54. The highest BCUT2D eigenvalue weighted by Crippen LogP contribution is 2.33. The molecule has 140 valence electrons. The first kappa shape index (κ1) is 19.5. The lowest BCUT2D eigenvalue weighted by Crippen LogP contribution is -2.47. The van der Waals surface area contributed by atoms with Crippen LogP contribution in [0.5, 0.6) is 5.88 Å². The molecule has 1 aliphatic heterocycles. The minimum Gasteiger partial charge on any atom is -0.481 e. The van der Waals surface area contributed by atoms with E-state index in [1.807, 2.05) is 12.1 Å². The quantitative estimate of drug-likeness (QED) is 0.632. The molecule has 1 aliphatic rings. The van der Waals surface area contributed by atoms with E-state index in [0.29, 0.717) is 18.3 Å². The average molecular weight is 348 g/mol. The van der Waals surface area contributed by atoms with Crippen molar-refractivity contribution in [1.82, 2.24) is 15.6 Å². The minimum atomic E-state index is 0.146. The predicted molar refractivity (Wildman–Crippen MR) is 101 cm³/mol. The first-order valence-electron chi connectivity index (χ1n) is 8.99. The van der Waals surface area contributed by atoms with Crippen LogP contribution in [0.3, 0.4) is 0 Å². The van der Waals surface area contributed by atoms with Gasteiger partial charge >= 0.3 is 0 Å². The monoisotopic (exact) mass is 348 g/mol. The Kier molecular flexibility index (Phi) is 7.05. The lowest BCUT2D eigenvalue weighted by atomic mass is 9.78. The number of nitrogens with one attached hydrogen (secondary N) is 2. The van der Waals surface area contributed by atoms with Crippen molar-refractivity contribution in [1.29, 1.82) is 0 Å². The summed E-state index contributed by atoms with van der Waals surface area (Å²) in [5.41, 5.74) is 1.15. The summed E-state index contributed by atoms with van der Waals surface area (Å²) in [5, 5.41) is 6.78. The van der Waals surface area contributed by atoms with Crippen molar-refractivity contribution in [2.45, 2.75) is 46.3 Å². The number of hydrogen-bond donors (Lipinski definition) is 2. The smallest absolute Gasteiger partial charge is 0.218 e. The summed E-state index contributed by atoms with van der Waals surface area (Å²) in [5.74, 6) is 1.91. The van der Waals surface area contributed by atoms with E-state index in [9.17, 15) is 0 Å². The largest absolute Gasteiger partial charge is 0.481 e. The molecule has 6 heteroatoms. The van der Waals surface area contributed by atoms with Gasteiger partial charge in [0.05, 0.1) is 13.2 Å². The van der Waals surface area contributed by atoms with E-state index in [1.165, 1.54) is 6.42 Å². The van der Waals surface area contributed by atoms with Crippen molar-refractivity contribution in [2.75, 3.05) is 27.3 Å². The first-order chi connectivity index (χ1) is 12.0. The second-order valence-corrected chi connectivity index (χ2v) is 7.54. The molecule has 0 aliphatic carbocycles. The van der Waals surface area contributed by atoms with Crippen LogP contribution < -0.4 is 15.4 Å². The van der Waals surface area contributed by atoms with Crippen LogP contribution in [0.25, 0.3) is 0 Å². The molecule has 0 bridgehead atoms. The highest BCUT2D eigenvalue weighted by Gasteiger charge is 2.35. The van der Waals surface area contributed by atoms with Gasteiger partial charge in [-0.25, -0.2) is 4.98 Å². The van der Waals surface area contributed by atoms with Crippen molar-refractivity contribution in [2.24, 2.45) is 16.3 Å². The molecule has 1 aromatic heterocycles. The number of aromatic nitrogens is 1. The molecule has 2 rings (SSSR count). The molecule has 2 atom stereocenters. The van der Waals surface area contributed by atoms with Crippen LogP contribution in [-0.4, -0.2) is 44.4 Å². The standard InChI is InChI=1S/C19H32N4O2/c1-19(2,3)16-14(9-7-11-25-16)12-22-18(20-4)23-13-15-8-6-10-21-17(15)24-5/h6,8,10,14,16H,7,9,11-13H2,1-5H3,(H2,20,22,23). The Morgan fingerprint density at radius 1 is 1.40 bits per heavy atom. The van der Waals surface area contributed by atoms with Gasteiger partial charge in [0, 0.05) is 44.4 Å². The summed E-state index contributed by atoms with van der Waals surface area (Å²) in [6, 6.07) is 3.90.